The third-order valence-corrected chi connectivity index (χ3v) is 2.21. The lowest BCUT2D eigenvalue weighted by Crippen LogP contribution is -2.32. The van der Waals surface area contributed by atoms with Crippen molar-refractivity contribution in [1.82, 2.24) is 5.32 Å². The molecule has 0 atom stereocenters. The first-order valence-electron chi connectivity index (χ1n) is 5.38. The summed E-state index contributed by atoms with van der Waals surface area (Å²) in [5.74, 6) is 0.874. The topological polar surface area (TPSA) is 38.3 Å². The Hall–Kier alpha value is -0.570. The van der Waals surface area contributed by atoms with E-state index in [0.29, 0.717) is 0 Å². The molecule has 0 heterocycles. The van der Waals surface area contributed by atoms with Gasteiger partial charge in [-0.2, -0.15) is 0 Å². The van der Waals surface area contributed by atoms with Crippen LogP contribution >= 0.6 is 0 Å². The van der Waals surface area contributed by atoms with Crippen LogP contribution in [0.1, 0.15) is 40.0 Å². The van der Waals surface area contributed by atoms with Crippen LogP contribution in [-0.2, 0) is 9.53 Å². The zero-order valence-electron chi connectivity index (χ0n) is 9.43. The van der Waals surface area contributed by atoms with Crippen molar-refractivity contribution in [1.29, 1.82) is 0 Å². The van der Waals surface area contributed by atoms with Crippen molar-refractivity contribution in [3.05, 3.63) is 0 Å². The molecule has 3 nitrogen and oxygen atoms in total. The standard InChI is InChI=1S/C11H21NO2/c1-11(2,3)14-8-10(13)12-7-6-9-4-5-9/h9H,4-8H2,1-3H3,(H,12,13). The maximum Gasteiger partial charge on any atom is 0.246 e. The summed E-state index contributed by atoms with van der Waals surface area (Å²) in [6.07, 6.45) is 3.81. The second-order valence-corrected chi connectivity index (χ2v) is 4.98. The molecule has 0 saturated heterocycles. The fourth-order valence-electron chi connectivity index (χ4n) is 1.16. The summed E-state index contributed by atoms with van der Waals surface area (Å²) < 4.78 is 5.35. The molecule has 0 aliphatic heterocycles. The van der Waals surface area contributed by atoms with Gasteiger partial charge in [0.05, 0.1) is 5.60 Å². The fraction of sp³-hybridized carbons (Fsp3) is 0.909. The third kappa shape index (κ3) is 5.97. The Balaban J connectivity index is 1.97. The molecule has 0 unspecified atom stereocenters. The Labute approximate surface area is 86.2 Å². The molecule has 1 aliphatic rings. The van der Waals surface area contributed by atoms with E-state index in [1.165, 1.54) is 12.8 Å². The minimum atomic E-state index is -0.228. The van der Waals surface area contributed by atoms with E-state index in [1.807, 2.05) is 20.8 Å². The number of nitrogens with one attached hydrogen (secondary N) is 1. The minimum Gasteiger partial charge on any atom is -0.366 e. The number of rotatable bonds is 5. The minimum absolute atomic E-state index is 0.000532. The molecule has 14 heavy (non-hydrogen) atoms. The van der Waals surface area contributed by atoms with Crippen LogP contribution in [0.3, 0.4) is 0 Å². The smallest absolute Gasteiger partial charge is 0.246 e. The van der Waals surface area contributed by atoms with E-state index in [0.717, 1.165) is 18.9 Å². The van der Waals surface area contributed by atoms with Crippen LogP contribution in [0.5, 0.6) is 0 Å². The first-order chi connectivity index (χ1) is 6.47. The lowest BCUT2D eigenvalue weighted by atomic mass is 10.2. The van der Waals surface area contributed by atoms with Crippen LogP contribution < -0.4 is 5.32 Å². The van der Waals surface area contributed by atoms with Gasteiger partial charge in [-0.25, -0.2) is 0 Å². The Morgan fingerprint density at radius 2 is 2.07 bits per heavy atom. The highest BCUT2D eigenvalue weighted by Crippen LogP contribution is 2.31. The third-order valence-electron chi connectivity index (χ3n) is 2.21. The number of amides is 1. The highest BCUT2D eigenvalue weighted by molar-refractivity contribution is 5.77. The van der Waals surface area contributed by atoms with Gasteiger partial charge >= 0.3 is 0 Å². The summed E-state index contributed by atoms with van der Waals surface area (Å²) in [6.45, 7) is 6.82. The van der Waals surface area contributed by atoms with Crippen LogP contribution in [-0.4, -0.2) is 24.7 Å². The predicted molar refractivity (Wildman–Crippen MR) is 56.1 cm³/mol. The predicted octanol–water partition coefficient (Wildman–Crippen LogP) is 1.72. The van der Waals surface area contributed by atoms with E-state index in [1.54, 1.807) is 0 Å². The quantitative estimate of drug-likeness (QED) is 0.732. The number of hydrogen-bond donors (Lipinski definition) is 1. The lowest BCUT2D eigenvalue weighted by molar-refractivity contribution is -0.130. The normalized spacial score (nSPS) is 16.8. The molecule has 0 aromatic rings. The van der Waals surface area contributed by atoms with Gasteiger partial charge in [0.2, 0.25) is 5.91 Å². The average Bonchev–Trinajstić information content (AvgIpc) is 2.83. The average molecular weight is 199 g/mol. The van der Waals surface area contributed by atoms with Crippen LogP contribution in [0, 0.1) is 5.92 Å². The molecular formula is C11H21NO2. The summed E-state index contributed by atoms with van der Waals surface area (Å²) in [7, 11) is 0. The Morgan fingerprint density at radius 3 is 2.57 bits per heavy atom. The van der Waals surface area contributed by atoms with Crippen molar-refractivity contribution in [2.75, 3.05) is 13.2 Å². The molecule has 0 bridgehead atoms. The highest BCUT2D eigenvalue weighted by atomic mass is 16.5. The number of ether oxygens (including phenoxy) is 1. The summed E-state index contributed by atoms with van der Waals surface area (Å²) in [5, 5.41) is 2.86. The van der Waals surface area contributed by atoms with Gasteiger partial charge in [0.1, 0.15) is 6.61 Å². The summed E-state index contributed by atoms with van der Waals surface area (Å²) in [6, 6.07) is 0. The number of carbonyl (C=O) groups excluding carboxylic acids is 1. The molecule has 0 spiro atoms. The van der Waals surface area contributed by atoms with Crippen molar-refractivity contribution in [3.63, 3.8) is 0 Å². The molecule has 0 radical (unpaired) electrons. The lowest BCUT2D eigenvalue weighted by Gasteiger charge is -2.18. The van der Waals surface area contributed by atoms with Crippen molar-refractivity contribution < 1.29 is 9.53 Å². The second kappa shape index (κ2) is 4.78. The van der Waals surface area contributed by atoms with Crippen molar-refractivity contribution >= 4 is 5.91 Å². The summed E-state index contributed by atoms with van der Waals surface area (Å²) in [5.41, 5.74) is -0.228. The molecule has 1 amide bonds. The Kier molecular flexibility index (Phi) is 3.93. The molecule has 1 fully saturated rings. The Bertz CT molecular complexity index is 192. The van der Waals surface area contributed by atoms with Gasteiger partial charge in [0, 0.05) is 6.54 Å². The molecule has 0 aromatic heterocycles. The van der Waals surface area contributed by atoms with Crippen LogP contribution in [0.25, 0.3) is 0 Å². The number of hydrogen-bond acceptors (Lipinski definition) is 2. The van der Waals surface area contributed by atoms with E-state index in [9.17, 15) is 4.79 Å². The van der Waals surface area contributed by atoms with E-state index in [4.69, 9.17) is 4.74 Å². The largest absolute Gasteiger partial charge is 0.366 e. The first kappa shape index (κ1) is 11.5. The molecule has 1 saturated carbocycles. The molecule has 0 aromatic carbocycles. The monoisotopic (exact) mass is 199 g/mol. The van der Waals surface area contributed by atoms with Gasteiger partial charge in [-0.3, -0.25) is 4.79 Å². The van der Waals surface area contributed by atoms with Crippen LogP contribution in [0.2, 0.25) is 0 Å². The summed E-state index contributed by atoms with van der Waals surface area (Å²) in [4.78, 5) is 11.3. The molecule has 82 valence electrons. The molecule has 3 heteroatoms. The van der Waals surface area contributed by atoms with Crippen LogP contribution in [0.4, 0.5) is 0 Å². The molecular weight excluding hydrogens is 178 g/mol. The van der Waals surface area contributed by atoms with Crippen molar-refractivity contribution in [2.24, 2.45) is 5.92 Å². The van der Waals surface area contributed by atoms with E-state index >= 15 is 0 Å². The van der Waals surface area contributed by atoms with Gasteiger partial charge in [0.15, 0.2) is 0 Å². The number of carbonyl (C=O) groups is 1. The van der Waals surface area contributed by atoms with Crippen molar-refractivity contribution in [3.8, 4) is 0 Å². The van der Waals surface area contributed by atoms with Gasteiger partial charge in [-0.1, -0.05) is 12.8 Å². The fourth-order valence-corrected chi connectivity index (χ4v) is 1.16. The van der Waals surface area contributed by atoms with Gasteiger partial charge in [-0.15, -0.1) is 0 Å². The second-order valence-electron chi connectivity index (χ2n) is 4.98. The molecule has 1 rings (SSSR count). The molecule has 1 N–H and O–H groups in total. The molecule has 1 aliphatic carbocycles. The van der Waals surface area contributed by atoms with E-state index in [-0.39, 0.29) is 18.1 Å². The van der Waals surface area contributed by atoms with Gasteiger partial charge < -0.3 is 10.1 Å². The summed E-state index contributed by atoms with van der Waals surface area (Å²) >= 11 is 0. The van der Waals surface area contributed by atoms with E-state index in [2.05, 4.69) is 5.32 Å². The highest BCUT2D eigenvalue weighted by Gasteiger charge is 2.20. The maximum atomic E-state index is 11.3. The van der Waals surface area contributed by atoms with Crippen molar-refractivity contribution in [2.45, 2.75) is 45.6 Å². The van der Waals surface area contributed by atoms with Crippen LogP contribution in [0.15, 0.2) is 0 Å². The first-order valence-corrected chi connectivity index (χ1v) is 5.38. The Morgan fingerprint density at radius 1 is 1.43 bits per heavy atom. The SMILES string of the molecule is CC(C)(C)OCC(=O)NCCC1CC1. The van der Waals surface area contributed by atoms with E-state index < -0.39 is 0 Å². The zero-order valence-corrected chi connectivity index (χ0v) is 9.43. The zero-order chi connectivity index (χ0) is 10.6. The van der Waals surface area contributed by atoms with Gasteiger partial charge in [0.25, 0.3) is 0 Å². The maximum absolute atomic E-state index is 11.3. The van der Waals surface area contributed by atoms with Gasteiger partial charge in [-0.05, 0) is 33.1 Å².